The lowest BCUT2D eigenvalue weighted by molar-refractivity contribution is -0.134. The Hall–Kier alpha value is -4.66. The van der Waals surface area contributed by atoms with E-state index < -0.39 is 17.5 Å². The lowest BCUT2D eigenvalue weighted by Gasteiger charge is -2.38. The van der Waals surface area contributed by atoms with Crippen LogP contribution in [0.25, 0.3) is 43.7 Å². The molecule has 6 heterocycles. The van der Waals surface area contributed by atoms with Crippen LogP contribution in [-0.4, -0.2) is 76.7 Å². The van der Waals surface area contributed by atoms with Crippen LogP contribution in [0.5, 0.6) is 5.88 Å². The van der Waals surface area contributed by atoms with Gasteiger partial charge in [0.15, 0.2) is 17.5 Å². The third-order valence-electron chi connectivity index (χ3n) is 12.5. The highest BCUT2D eigenvalue weighted by Crippen LogP contribution is 2.49. The number of aryl methyl sites for hydroxylation is 2. The van der Waals surface area contributed by atoms with E-state index in [0.717, 1.165) is 74.5 Å². The van der Waals surface area contributed by atoms with Crippen LogP contribution in [0, 0.1) is 34.7 Å². The summed E-state index contributed by atoms with van der Waals surface area (Å²) in [6.45, 7) is 5.46. The van der Waals surface area contributed by atoms with Crippen molar-refractivity contribution in [1.29, 1.82) is 5.26 Å². The second-order valence-corrected chi connectivity index (χ2v) is 15.5. The van der Waals surface area contributed by atoms with Crippen molar-refractivity contribution in [3.8, 4) is 23.1 Å². The van der Waals surface area contributed by atoms with Crippen LogP contribution in [0.3, 0.4) is 0 Å². The summed E-state index contributed by atoms with van der Waals surface area (Å²) in [5.74, 6) is -1.90. The van der Waals surface area contributed by atoms with E-state index in [1.165, 1.54) is 6.07 Å². The SMILES string of the molecule is CC(Oc1nc2c(F)c(-c3cccc4ccc(F)c(F)c34)c(CCC#N)cc2c2c1cc(CCC(=O)N1CCC1)n2[C@H]1[C@H]2CN[C@@H]1C2)[C@@H]1CCCN1C. The lowest BCUT2D eigenvalue weighted by Crippen LogP contribution is -2.42. The lowest BCUT2D eigenvalue weighted by atomic mass is 9.79. The molecule has 5 atom stereocenters. The average molecular weight is 721 g/mol. The zero-order valence-electron chi connectivity index (χ0n) is 30.1. The Kier molecular flexibility index (Phi) is 8.58. The molecule has 1 amide bonds. The number of carbonyl (C=O) groups excluding carboxylic acids is 1. The molecule has 5 fully saturated rings. The summed E-state index contributed by atoms with van der Waals surface area (Å²) in [6, 6.07) is 14.2. The smallest absolute Gasteiger partial charge is 0.223 e. The van der Waals surface area contributed by atoms with Crippen molar-refractivity contribution in [3.05, 3.63) is 71.2 Å². The van der Waals surface area contributed by atoms with Gasteiger partial charge in [-0.1, -0.05) is 24.3 Å². The van der Waals surface area contributed by atoms with Gasteiger partial charge in [0.25, 0.3) is 0 Å². The number of aromatic nitrogens is 2. The highest BCUT2D eigenvalue weighted by atomic mass is 19.2. The number of hydrogen-bond donors (Lipinski definition) is 1. The van der Waals surface area contributed by atoms with E-state index in [0.29, 0.717) is 41.0 Å². The molecule has 1 saturated carbocycles. The molecule has 4 aliphatic heterocycles. The van der Waals surface area contributed by atoms with Crippen LogP contribution < -0.4 is 10.1 Å². The van der Waals surface area contributed by atoms with Gasteiger partial charge in [-0.3, -0.25) is 9.69 Å². The number of halogens is 3. The maximum atomic E-state index is 17.7. The zero-order valence-corrected chi connectivity index (χ0v) is 30.1. The van der Waals surface area contributed by atoms with Gasteiger partial charge in [-0.05, 0) is 99.7 Å². The predicted molar refractivity (Wildman–Crippen MR) is 198 cm³/mol. The molecule has 1 unspecified atom stereocenters. The second kappa shape index (κ2) is 13.3. The first-order chi connectivity index (χ1) is 25.7. The standard InChI is InChI=1S/C42H43F3N6O2/c1-23(33-10-5-16-49(33)2)53-42-30-21-27(12-14-34(52)50-17-6-18-50)51(40-26-20-32(40)47-22-26)41(30)29-19-25(8-4-15-46)36(38(45)39(29)48-42)28-9-3-7-24-11-13-31(43)37(44)35(24)28/h3,7,9,11,13,19,21,23,26,32-33,40,47H,4-6,8,10,12,14,16-18,20,22H2,1-2H3/t23?,26-,32-,33+,40+/m1/s1. The quantitative estimate of drug-likeness (QED) is 0.162. The molecule has 2 bridgehead atoms. The molecule has 5 aliphatic rings. The third-order valence-corrected chi connectivity index (χ3v) is 12.5. The number of nitrogens with zero attached hydrogens (tertiary/aromatic N) is 5. The monoisotopic (exact) mass is 720 g/mol. The summed E-state index contributed by atoms with van der Waals surface area (Å²) >= 11 is 0. The van der Waals surface area contributed by atoms with Crippen LogP contribution in [0.15, 0.2) is 42.5 Å². The van der Waals surface area contributed by atoms with Crippen molar-refractivity contribution in [1.82, 2.24) is 24.7 Å². The molecule has 274 valence electrons. The molecular weight excluding hydrogens is 677 g/mol. The average Bonchev–Trinajstić information content (AvgIpc) is 3.93. The zero-order chi connectivity index (χ0) is 36.5. The fourth-order valence-corrected chi connectivity index (χ4v) is 9.56. The Labute approximate surface area is 306 Å². The molecule has 1 N–H and O–H groups in total. The number of ether oxygens (including phenoxy) is 1. The Morgan fingerprint density at radius 3 is 2.62 bits per heavy atom. The molecule has 8 nitrogen and oxygen atoms in total. The molecule has 1 aliphatic carbocycles. The van der Waals surface area contributed by atoms with Crippen molar-refractivity contribution in [2.45, 2.75) is 82.5 Å². The molecular formula is C42H43F3N6O2. The molecule has 4 saturated heterocycles. The van der Waals surface area contributed by atoms with Gasteiger partial charge in [0, 0.05) is 66.6 Å². The summed E-state index contributed by atoms with van der Waals surface area (Å²) in [5.41, 5.74) is 2.68. The fraction of sp³-hybridized carbons (Fsp3) is 0.452. The van der Waals surface area contributed by atoms with E-state index in [9.17, 15) is 14.4 Å². The topological polar surface area (TPSA) is 86.4 Å². The number of rotatable bonds is 10. The maximum absolute atomic E-state index is 17.7. The molecule has 0 spiro atoms. The van der Waals surface area contributed by atoms with Gasteiger partial charge >= 0.3 is 0 Å². The van der Waals surface area contributed by atoms with Crippen molar-refractivity contribution in [2.24, 2.45) is 5.92 Å². The van der Waals surface area contributed by atoms with Gasteiger partial charge in [-0.15, -0.1) is 0 Å². The van der Waals surface area contributed by atoms with Crippen LogP contribution in [0.2, 0.25) is 0 Å². The van der Waals surface area contributed by atoms with Gasteiger partial charge in [-0.25, -0.2) is 18.2 Å². The van der Waals surface area contributed by atoms with Gasteiger partial charge in [0.05, 0.1) is 23.0 Å². The first kappa shape index (κ1) is 34.1. The molecule has 53 heavy (non-hydrogen) atoms. The summed E-state index contributed by atoms with van der Waals surface area (Å²) in [7, 11) is 2.09. The van der Waals surface area contributed by atoms with Crippen LogP contribution in [-0.2, 0) is 17.6 Å². The van der Waals surface area contributed by atoms with Gasteiger partial charge < -0.3 is 19.5 Å². The number of likely N-dealkylation sites (N-methyl/N-ethyl adjacent to an activating group) is 1. The Morgan fingerprint density at radius 2 is 1.92 bits per heavy atom. The molecule has 0 radical (unpaired) electrons. The Balaban J connectivity index is 1.31. The summed E-state index contributed by atoms with van der Waals surface area (Å²) in [5, 5.41) is 15.1. The molecule has 2 aromatic heterocycles. The minimum atomic E-state index is -1.05. The summed E-state index contributed by atoms with van der Waals surface area (Å²) < 4.78 is 57.2. The maximum Gasteiger partial charge on any atom is 0.223 e. The van der Waals surface area contributed by atoms with E-state index in [1.54, 1.807) is 18.2 Å². The number of pyridine rings is 1. The third kappa shape index (κ3) is 5.56. The van der Waals surface area contributed by atoms with Crippen molar-refractivity contribution in [3.63, 3.8) is 0 Å². The number of nitriles is 1. The predicted octanol–water partition coefficient (Wildman–Crippen LogP) is 7.44. The second-order valence-electron chi connectivity index (χ2n) is 15.5. The van der Waals surface area contributed by atoms with E-state index in [2.05, 4.69) is 34.0 Å². The minimum Gasteiger partial charge on any atom is -0.472 e. The minimum absolute atomic E-state index is 0.0194. The first-order valence-corrected chi connectivity index (χ1v) is 19.0. The number of benzene rings is 3. The summed E-state index contributed by atoms with van der Waals surface area (Å²) in [4.78, 5) is 22.3. The van der Waals surface area contributed by atoms with Gasteiger partial charge in [0.2, 0.25) is 11.8 Å². The van der Waals surface area contributed by atoms with Crippen LogP contribution in [0.4, 0.5) is 13.2 Å². The molecule has 10 rings (SSSR count). The van der Waals surface area contributed by atoms with E-state index in [-0.39, 0.29) is 65.0 Å². The number of amides is 1. The number of carbonyl (C=O) groups is 1. The highest BCUT2D eigenvalue weighted by molar-refractivity contribution is 6.10. The molecule has 5 aromatic rings. The normalized spacial score (nSPS) is 23.1. The largest absolute Gasteiger partial charge is 0.472 e. The first-order valence-electron chi connectivity index (χ1n) is 19.0. The summed E-state index contributed by atoms with van der Waals surface area (Å²) in [6.07, 6.45) is 5.04. The molecule has 11 heteroatoms. The molecule has 3 aromatic carbocycles. The van der Waals surface area contributed by atoms with E-state index in [1.807, 2.05) is 17.9 Å². The van der Waals surface area contributed by atoms with Crippen LogP contribution in [0.1, 0.15) is 62.7 Å². The number of likely N-dealkylation sites (tertiary alicyclic amines) is 2. The van der Waals surface area contributed by atoms with Gasteiger partial charge in [0.1, 0.15) is 11.6 Å². The number of nitrogens with one attached hydrogen (secondary N) is 1. The van der Waals surface area contributed by atoms with Crippen molar-refractivity contribution < 1.29 is 22.7 Å². The van der Waals surface area contributed by atoms with Crippen LogP contribution >= 0.6 is 0 Å². The Bertz CT molecular complexity index is 2320. The fourth-order valence-electron chi connectivity index (χ4n) is 9.56. The van der Waals surface area contributed by atoms with Crippen molar-refractivity contribution >= 4 is 38.5 Å². The van der Waals surface area contributed by atoms with E-state index >= 15 is 8.78 Å². The van der Waals surface area contributed by atoms with Gasteiger partial charge in [-0.2, -0.15) is 5.26 Å². The Morgan fingerprint density at radius 1 is 1.08 bits per heavy atom. The van der Waals surface area contributed by atoms with E-state index in [4.69, 9.17) is 9.72 Å². The van der Waals surface area contributed by atoms with Crippen molar-refractivity contribution in [2.75, 3.05) is 33.2 Å². The number of hydrogen-bond acceptors (Lipinski definition) is 6. The number of fused-ring (bicyclic) bond motifs is 5. The highest BCUT2D eigenvalue weighted by Gasteiger charge is 2.49.